The van der Waals surface area contributed by atoms with Gasteiger partial charge >= 0.3 is 5.69 Å². The van der Waals surface area contributed by atoms with Crippen molar-refractivity contribution in [2.45, 2.75) is 0 Å². The molecule has 6 heteroatoms. The number of hydrogen-bond donors (Lipinski definition) is 0. The lowest BCUT2D eigenvalue weighted by atomic mass is 9.94. The summed E-state index contributed by atoms with van der Waals surface area (Å²) in [6.45, 7) is 0. The molecule has 0 saturated heterocycles. The van der Waals surface area contributed by atoms with E-state index in [9.17, 15) is 4.79 Å². The Kier molecular flexibility index (Phi) is 6.98. The molecule has 3 aromatic heterocycles. The van der Waals surface area contributed by atoms with Gasteiger partial charge in [-0.25, -0.2) is 14.8 Å². The predicted molar refractivity (Wildman–Crippen MR) is 216 cm³/mol. The van der Waals surface area contributed by atoms with E-state index in [2.05, 4.69) is 121 Å². The molecule has 0 atom stereocenters. The van der Waals surface area contributed by atoms with Crippen molar-refractivity contribution in [2.24, 2.45) is 14.1 Å². The average molecular weight is 685 g/mol. The third kappa shape index (κ3) is 5.06. The van der Waals surface area contributed by atoms with Gasteiger partial charge in [-0.05, 0) is 69.4 Å². The molecule has 0 unspecified atom stereocenters. The average Bonchev–Trinajstić information content (AvgIpc) is 3.71. The molecule has 0 bridgehead atoms. The zero-order chi connectivity index (χ0) is 35.6. The van der Waals surface area contributed by atoms with E-state index >= 15 is 0 Å². The van der Waals surface area contributed by atoms with E-state index < -0.39 is 0 Å². The molecule has 0 aliphatic carbocycles. The van der Waals surface area contributed by atoms with Gasteiger partial charge < -0.3 is 4.42 Å². The summed E-state index contributed by atoms with van der Waals surface area (Å²) >= 11 is 0. The molecule has 3 heterocycles. The molecule has 0 N–H and O–H groups in total. The van der Waals surface area contributed by atoms with Gasteiger partial charge in [-0.1, -0.05) is 121 Å². The monoisotopic (exact) mass is 684 g/mol. The molecule has 0 spiro atoms. The van der Waals surface area contributed by atoms with Crippen molar-refractivity contribution < 1.29 is 4.42 Å². The van der Waals surface area contributed by atoms with Crippen LogP contribution in [0.2, 0.25) is 0 Å². The molecular formula is C47H32N4O2. The SMILES string of the molecule is Cn1c(=O)n(C)c2cc(-c3ccc(-c4cc(-c5ccccc5-c5ccc6oc7ccc8ccccc8c7c6c5)nc(-c5ccccc5)n4)cc3)ccc21. The molecule has 10 rings (SSSR count). The van der Waals surface area contributed by atoms with Crippen molar-refractivity contribution in [3.05, 3.63) is 168 Å². The van der Waals surface area contributed by atoms with Crippen LogP contribution < -0.4 is 5.69 Å². The fourth-order valence-electron chi connectivity index (χ4n) is 7.64. The van der Waals surface area contributed by atoms with Crippen molar-refractivity contribution in [1.29, 1.82) is 0 Å². The standard InChI is InChI=1S/C47H32N4O2/c1-50-41-23-20-33(27-42(41)51(2)47(50)52)29-16-18-31(19-17-29)39-28-40(49-46(48-39)32-11-4-3-5-12-32)37-15-9-8-13-35(37)34-22-24-43-38(26-34)45-36-14-7-6-10-30(36)21-25-44(45)53-43/h3-28H,1-2H3. The van der Waals surface area contributed by atoms with Crippen LogP contribution in [-0.2, 0) is 14.1 Å². The molecule has 0 radical (unpaired) electrons. The molecule has 10 aromatic rings. The Bertz CT molecular complexity index is 3100. The van der Waals surface area contributed by atoms with Gasteiger partial charge in [0.1, 0.15) is 11.2 Å². The summed E-state index contributed by atoms with van der Waals surface area (Å²) in [5, 5.41) is 4.59. The first kappa shape index (κ1) is 30.7. The molecule has 0 fully saturated rings. The molecule has 0 saturated carbocycles. The Hall–Kier alpha value is -7.05. The number of rotatable bonds is 5. The first-order valence-corrected chi connectivity index (χ1v) is 17.6. The normalized spacial score (nSPS) is 11.7. The van der Waals surface area contributed by atoms with Crippen LogP contribution in [0.3, 0.4) is 0 Å². The van der Waals surface area contributed by atoms with E-state index in [-0.39, 0.29) is 5.69 Å². The number of fused-ring (bicyclic) bond motifs is 6. The maximum Gasteiger partial charge on any atom is 0.328 e. The highest BCUT2D eigenvalue weighted by Gasteiger charge is 2.17. The van der Waals surface area contributed by atoms with E-state index in [1.807, 2.05) is 43.4 Å². The number of aromatic nitrogens is 4. The Morgan fingerprint density at radius 3 is 1.98 bits per heavy atom. The first-order chi connectivity index (χ1) is 26.0. The van der Waals surface area contributed by atoms with Crippen molar-refractivity contribution in [1.82, 2.24) is 19.1 Å². The second-order valence-electron chi connectivity index (χ2n) is 13.5. The Labute approximate surface area is 304 Å². The molecule has 0 aliphatic rings. The zero-order valence-corrected chi connectivity index (χ0v) is 29.1. The van der Waals surface area contributed by atoms with E-state index in [0.717, 1.165) is 83.3 Å². The highest BCUT2D eigenvalue weighted by atomic mass is 16.3. The minimum absolute atomic E-state index is 0.0352. The maximum absolute atomic E-state index is 12.5. The van der Waals surface area contributed by atoms with Gasteiger partial charge in [0.25, 0.3) is 0 Å². The summed E-state index contributed by atoms with van der Waals surface area (Å²) in [7, 11) is 3.62. The van der Waals surface area contributed by atoms with Gasteiger partial charge in [-0.15, -0.1) is 0 Å². The fraction of sp³-hybridized carbons (Fsp3) is 0.0426. The van der Waals surface area contributed by atoms with Crippen LogP contribution >= 0.6 is 0 Å². The van der Waals surface area contributed by atoms with Crippen LogP contribution in [0, 0.1) is 0 Å². The van der Waals surface area contributed by atoms with Crippen LogP contribution in [0.1, 0.15) is 0 Å². The molecule has 53 heavy (non-hydrogen) atoms. The van der Waals surface area contributed by atoms with E-state index in [1.165, 1.54) is 10.8 Å². The van der Waals surface area contributed by atoms with Crippen LogP contribution in [-0.4, -0.2) is 19.1 Å². The van der Waals surface area contributed by atoms with Crippen molar-refractivity contribution in [2.75, 3.05) is 0 Å². The summed E-state index contributed by atoms with van der Waals surface area (Å²) in [5.41, 5.74) is 12.4. The van der Waals surface area contributed by atoms with E-state index in [0.29, 0.717) is 5.82 Å². The maximum atomic E-state index is 12.5. The molecule has 0 aliphatic heterocycles. The van der Waals surface area contributed by atoms with Gasteiger partial charge in [-0.2, -0.15) is 0 Å². The Morgan fingerprint density at radius 1 is 0.472 bits per heavy atom. The first-order valence-electron chi connectivity index (χ1n) is 17.6. The topological polar surface area (TPSA) is 65.8 Å². The van der Waals surface area contributed by atoms with Crippen molar-refractivity contribution in [3.8, 4) is 56.2 Å². The number of benzene rings is 7. The van der Waals surface area contributed by atoms with Gasteiger partial charge in [0, 0.05) is 41.6 Å². The summed E-state index contributed by atoms with van der Waals surface area (Å²) in [6, 6.07) is 54.4. The lowest BCUT2D eigenvalue weighted by Gasteiger charge is -2.13. The smallest absolute Gasteiger partial charge is 0.328 e. The second-order valence-corrected chi connectivity index (χ2v) is 13.5. The van der Waals surface area contributed by atoms with Crippen LogP contribution in [0.25, 0.3) is 99.9 Å². The zero-order valence-electron chi connectivity index (χ0n) is 29.1. The third-order valence-corrected chi connectivity index (χ3v) is 10.4. The molecule has 7 aromatic carbocycles. The second kappa shape index (κ2) is 12.0. The third-order valence-electron chi connectivity index (χ3n) is 10.4. The fourth-order valence-corrected chi connectivity index (χ4v) is 7.64. The highest BCUT2D eigenvalue weighted by Crippen LogP contribution is 2.40. The van der Waals surface area contributed by atoms with Crippen LogP contribution in [0.5, 0.6) is 0 Å². The van der Waals surface area contributed by atoms with E-state index in [4.69, 9.17) is 14.4 Å². The van der Waals surface area contributed by atoms with E-state index in [1.54, 1.807) is 16.2 Å². The number of nitrogens with zero attached hydrogens (tertiary/aromatic N) is 4. The van der Waals surface area contributed by atoms with Gasteiger partial charge in [0.2, 0.25) is 0 Å². The summed E-state index contributed by atoms with van der Waals surface area (Å²) in [4.78, 5) is 22.8. The summed E-state index contributed by atoms with van der Waals surface area (Å²) in [5.74, 6) is 0.662. The minimum Gasteiger partial charge on any atom is -0.456 e. The van der Waals surface area contributed by atoms with Crippen molar-refractivity contribution in [3.63, 3.8) is 0 Å². The quantitative estimate of drug-likeness (QED) is 0.181. The predicted octanol–water partition coefficient (Wildman–Crippen LogP) is 11.1. The number of hydrogen-bond acceptors (Lipinski definition) is 4. The minimum atomic E-state index is -0.0352. The summed E-state index contributed by atoms with van der Waals surface area (Å²) in [6.07, 6.45) is 0. The van der Waals surface area contributed by atoms with Gasteiger partial charge in [0.05, 0.1) is 22.4 Å². The van der Waals surface area contributed by atoms with Crippen LogP contribution in [0.4, 0.5) is 0 Å². The van der Waals surface area contributed by atoms with Gasteiger partial charge in [0.15, 0.2) is 5.82 Å². The Morgan fingerprint density at radius 2 is 1.13 bits per heavy atom. The summed E-state index contributed by atoms with van der Waals surface area (Å²) < 4.78 is 9.69. The lowest BCUT2D eigenvalue weighted by molar-refractivity contribution is 0.669. The molecular weight excluding hydrogens is 653 g/mol. The molecule has 0 amide bonds. The number of imidazole rings is 1. The molecule has 252 valence electrons. The molecule has 6 nitrogen and oxygen atoms in total. The highest BCUT2D eigenvalue weighted by molar-refractivity contribution is 6.19. The van der Waals surface area contributed by atoms with Crippen molar-refractivity contribution >= 4 is 43.7 Å². The largest absolute Gasteiger partial charge is 0.456 e. The number of aryl methyl sites for hydroxylation is 2. The number of furan rings is 1. The van der Waals surface area contributed by atoms with Gasteiger partial charge in [-0.3, -0.25) is 9.13 Å². The Balaban J connectivity index is 1.10. The van der Waals surface area contributed by atoms with Crippen LogP contribution in [0.15, 0.2) is 167 Å². The lowest BCUT2D eigenvalue weighted by Crippen LogP contribution is -2.19.